The molecule has 6 nitrogen and oxygen atoms in total. The number of aliphatic carboxylic acids is 1. The Morgan fingerprint density at radius 3 is 2.47 bits per heavy atom. The fourth-order valence-electron chi connectivity index (χ4n) is 0.625. The van der Waals surface area contributed by atoms with E-state index in [1.54, 1.807) is 6.08 Å². The van der Waals surface area contributed by atoms with Crippen LogP contribution in [0, 0.1) is 0 Å². The highest BCUT2D eigenvalue weighted by Crippen LogP contribution is 1.69. The number of thiocarbonyl (C=S) groups is 1. The minimum Gasteiger partial charge on any atom is -0.480 e. The average molecular weight is 231 g/mol. The average Bonchev–Trinajstić information content (AvgIpc) is 2.20. The van der Waals surface area contributed by atoms with Gasteiger partial charge in [-0.2, -0.15) is 0 Å². The lowest BCUT2D eigenvalue weighted by molar-refractivity contribution is -0.137. The number of amides is 1. The summed E-state index contributed by atoms with van der Waals surface area (Å²) in [5, 5.41) is 16.1. The van der Waals surface area contributed by atoms with Crippen LogP contribution >= 0.6 is 12.2 Å². The van der Waals surface area contributed by atoms with Crippen LogP contribution in [0.1, 0.15) is 0 Å². The van der Waals surface area contributed by atoms with Crippen LogP contribution in [0.2, 0.25) is 0 Å². The van der Waals surface area contributed by atoms with E-state index in [2.05, 4.69) is 22.5 Å². The van der Waals surface area contributed by atoms with Crippen molar-refractivity contribution < 1.29 is 14.7 Å². The summed E-state index contributed by atoms with van der Waals surface area (Å²) in [4.78, 5) is 21.1. The van der Waals surface area contributed by atoms with E-state index in [0.29, 0.717) is 11.7 Å². The van der Waals surface area contributed by atoms with E-state index in [4.69, 9.17) is 17.3 Å². The molecule has 1 amide bonds. The maximum Gasteiger partial charge on any atom is 0.322 e. The summed E-state index contributed by atoms with van der Waals surface area (Å²) in [5.41, 5.74) is 0. The summed E-state index contributed by atoms with van der Waals surface area (Å²) in [5.74, 6) is -1.52. The topological polar surface area (TPSA) is 90.5 Å². The van der Waals surface area contributed by atoms with Gasteiger partial charge < -0.3 is 21.1 Å². The molecular weight excluding hydrogens is 218 g/mol. The minimum atomic E-state index is -1.09. The zero-order chi connectivity index (χ0) is 11.7. The summed E-state index contributed by atoms with van der Waals surface area (Å²) >= 11 is 4.81. The second-order valence-corrected chi connectivity index (χ2v) is 2.93. The maximum atomic E-state index is 11.0. The third kappa shape index (κ3) is 8.69. The van der Waals surface area contributed by atoms with Crippen molar-refractivity contribution in [1.82, 2.24) is 16.0 Å². The van der Waals surface area contributed by atoms with Gasteiger partial charge in [-0.25, -0.2) is 0 Å². The van der Waals surface area contributed by atoms with Gasteiger partial charge in [-0.1, -0.05) is 6.08 Å². The SMILES string of the molecule is C=CCNC(=S)NCC(=O)NCC(=O)O. The molecule has 0 saturated heterocycles. The first kappa shape index (κ1) is 13.4. The lowest BCUT2D eigenvalue weighted by Crippen LogP contribution is -2.42. The molecule has 15 heavy (non-hydrogen) atoms. The first-order chi connectivity index (χ1) is 7.06. The zero-order valence-electron chi connectivity index (χ0n) is 8.08. The van der Waals surface area contributed by atoms with Crippen LogP contribution < -0.4 is 16.0 Å². The Kier molecular flexibility index (Phi) is 6.90. The molecule has 0 radical (unpaired) electrons. The van der Waals surface area contributed by atoms with Crippen LogP contribution in [0.4, 0.5) is 0 Å². The number of nitrogens with one attached hydrogen (secondary N) is 3. The van der Waals surface area contributed by atoms with Crippen molar-refractivity contribution in [3.05, 3.63) is 12.7 Å². The molecule has 7 heteroatoms. The lowest BCUT2D eigenvalue weighted by atomic mass is 10.5. The predicted molar refractivity (Wildman–Crippen MR) is 59.4 cm³/mol. The standard InChI is InChI=1S/C8H13N3O3S/c1-2-3-9-8(15)11-4-6(12)10-5-7(13)14/h2H,1,3-5H2,(H,10,12)(H,13,14)(H2,9,11,15). The van der Waals surface area contributed by atoms with Crippen molar-refractivity contribution in [2.24, 2.45) is 0 Å². The third-order valence-corrected chi connectivity index (χ3v) is 1.54. The van der Waals surface area contributed by atoms with Gasteiger partial charge in [-0.05, 0) is 12.2 Å². The van der Waals surface area contributed by atoms with E-state index < -0.39 is 18.4 Å². The molecule has 4 N–H and O–H groups in total. The van der Waals surface area contributed by atoms with Gasteiger partial charge in [-0.3, -0.25) is 9.59 Å². The molecule has 84 valence electrons. The van der Waals surface area contributed by atoms with Crippen molar-refractivity contribution >= 4 is 29.2 Å². The highest BCUT2D eigenvalue weighted by Gasteiger charge is 2.03. The molecule has 0 heterocycles. The number of carboxylic acid groups (broad SMARTS) is 1. The third-order valence-electron chi connectivity index (χ3n) is 1.25. The van der Waals surface area contributed by atoms with E-state index in [1.165, 1.54) is 0 Å². The molecule has 0 unspecified atom stereocenters. The first-order valence-corrected chi connectivity index (χ1v) is 4.58. The van der Waals surface area contributed by atoms with Gasteiger partial charge in [-0.15, -0.1) is 6.58 Å². The Labute approximate surface area is 92.7 Å². The molecule has 0 bridgehead atoms. The van der Waals surface area contributed by atoms with E-state index in [1.807, 2.05) is 0 Å². The molecule has 0 aromatic rings. The second kappa shape index (κ2) is 7.74. The van der Waals surface area contributed by atoms with Gasteiger partial charge in [0.25, 0.3) is 0 Å². The van der Waals surface area contributed by atoms with Crippen molar-refractivity contribution in [1.29, 1.82) is 0 Å². The first-order valence-electron chi connectivity index (χ1n) is 4.17. The maximum absolute atomic E-state index is 11.0. The van der Waals surface area contributed by atoms with Gasteiger partial charge in [0.1, 0.15) is 6.54 Å². The predicted octanol–water partition coefficient (Wildman–Crippen LogP) is -1.16. The Hall–Kier alpha value is -1.63. The Balaban J connectivity index is 3.57. The van der Waals surface area contributed by atoms with E-state index in [0.717, 1.165) is 0 Å². The summed E-state index contributed by atoms with van der Waals surface area (Å²) < 4.78 is 0. The molecule has 0 aliphatic rings. The Morgan fingerprint density at radius 1 is 1.27 bits per heavy atom. The fraction of sp³-hybridized carbons (Fsp3) is 0.375. The Bertz CT molecular complexity index is 268. The number of hydrogen-bond acceptors (Lipinski definition) is 3. The molecule has 0 atom stereocenters. The minimum absolute atomic E-state index is 0.0593. The van der Waals surface area contributed by atoms with Crippen LogP contribution in [0.3, 0.4) is 0 Å². The summed E-state index contributed by atoms with van der Waals surface area (Å²) in [6.07, 6.45) is 1.62. The van der Waals surface area contributed by atoms with Gasteiger partial charge in [0.05, 0.1) is 6.54 Å². The molecule has 0 aromatic heterocycles. The van der Waals surface area contributed by atoms with E-state index in [-0.39, 0.29) is 6.54 Å². The fourth-order valence-corrected chi connectivity index (χ4v) is 0.780. The lowest BCUT2D eigenvalue weighted by Gasteiger charge is -2.08. The van der Waals surface area contributed by atoms with E-state index in [9.17, 15) is 9.59 Å². The smallest absolute Gasteiger partial charge is 0.322 e. The van der Waals surface area contributed by atoms with Crippen LogP contribution in [-0.2, 0) is 9.59 Å². The van der Waals surface area contributed by atoms with Gasteiger partial charge in [0, 0.05) is 6.54 Å². The summed E-state index contributed by atoms with van der Waals surface area (Å²) in [7, 11) is 0. The number of rotatable bonds is 6. The van der Waals surface area contributed by atoms with Crippen LogP contribution in [-0.4, -0.2) is 41.7 Å². The van der Waals surface area contributed by atoms with Crippen LogP contribution in [0.5, 0.6) is 0 Å². The van der Waals surface area contributed by atoms with Crippen LogP contribution in [0.15, 0.2) is 12.7 Å². The summed E-state index contributed by atoms with van der Waals surface area (Å²) in [6.45, 7) is 3.53. The monoisotopic (exact) mass is 231 g/mol. The molecule has 0 rings (SSSR count). The number of hydrogen-bond donors (Lipinski definition) is 4. The molecule has 0 aliphatic carbocycles. The molecule has 0 saturated carbocycles. The number of carboxylic acids is 1. The molecule has 0 aromatic carbocycles. The second-order valence-electron chi connectivity index (χ2n) is 2.52. The number of carbonyl (C=O) groups excluding carboxylic acids is 1. The zero-order valence-corrected chi connectivity index (χ0v) is 8.89. The number of carbonyl (C=O) groups is 2. The van der Waals surface area contributed by atoms with Crippen molar-refractivity contribution in [3.8, 4) is 0 Å². The van der Waals surface area contributed by atoms with Gasteiger partial charge >= 0.3 is 5.97 Å². The largest absolute Gasteiger partial charge is 0.480 e. The highest BCUT2D eigenvalue weighted by molar-refractivity contribution is 7.80. The Morgan fingerprint density at radius 2 is 1.93 bits per heavy atom. The summed E-state index contributed by atoms with van der Waals surface area (Å²) in [6, 6.07) is 0. The van der Waals surface area contributed by atoms with E-state index >= 15 is 0 Å². The van der Waals surface area contributed by atoms with Crippen molar-refractivity contribution in [3.63, 3.8) is 0 Å². The molecule has 0 spiro atoms. The van der Waals surface area contributed by atoms with Crippen molar-refractivity contribution in [2.45, 2.75) is 0 Å². The van der Waals surface area contributed by atoms with Crippen molar-refractivity contribution in [2.75, 3.05) is 19.6 Å². The van der Waals surface area contributed by atoms with Crippen LogP contribution in [0.25, 0.3) is 0 Å². The quantitative estimate of drug-likeness (QED) is 0.340. The van der Waals surface area contributed by atoms with Gasteiger partial charge in [0.2, 0.25) is 5.91 Å². The molecular formula is C8H13N3O3S. The normalized spacial score (nSPS) is 8.80. The molecule has 0 fully saturated rings. The van der Waals surface area contributed by atoms with Gasteiger partial charge in [0.15, 0.2) is 5.11 Å². The highest BCUT2D eigenvalue weighted by atomic mass is 32.1. The molecule has 0 aliphatic heterocycles.